The molecule has 1 aromatic rings. The molecule has 124 valence electrons. The number of hydrogen-bond donors (Lipinski definition) is 1. The summed E-state index contributed by atoms with van der Waals surface area (Å²) >= 11 is 0. The highest BCUT2D eigenvalue weighted by molar-refractivity contribution is 7.89. The molecule has 0 aliphatic carbocycles. The zero-order valence-electron chi connectivity index (χ0n) is 13.3. The summed E-state index contributed by atoms with van der Waals surface area (Å²) in [6.45, 7) is 3.86. The number of pyridine rings is 1. The SMILES string of the molecule is CCCS(=O)(=O)N1CCC(NCc2ccc(OC)nc2)CC1. The lowest BCUT2D eigenvalue weighted by molar-refractivity contribution is 0.288. The second kappa shape index (κ2) is 7.89. The van der Waals surface area contributed by atoms with E-state index in [-0.39, 0.29) is 5.75 Å². The molecule has 1 aliphatic rings. The van der Waals surface area contributed by atoms with Crippen LogP contribution in [0.1, 0.15) is 31.7 Å². The van der Waals surface area contributed by atoms with Crippen LogP contribution in [0.15, 0.2) is 18.3 Å². The van der Waals surface area contributed by atoms with Crippen molar-refractivity contribution in [3.8, 4) is 5.88 Å². The minimum absolute atomic E-state index is 0.253. The molecule has 0 aromatic carbocycles. The van der Waals surface area contributed by atoms with E-state index in [2.05, 4.69) is 10.3 Å². The molecule has 1 aliphatic heterocycles. The highest BCUT2D eigenvalue weighted by Gasteiger charge is 2.26. The first kappa shape index (κ1) is 17.2. The van der Waals surface area contributed by atoms with Crippen molar-refractivity contribution in [3.05, 3.63) is 23.9 Å². The molecular weight excluding hydrogens is 302 g/mol. The zero-order valence-corrected chi connectivity index (χ0v) is 14.1. The Bertz CT molecular complexity index is 552. The van der Waals surface area contributed by atoms with E-state index < -0.39 is 10.0 Å². The van der Waals surface area contributed by atoms with Crippen LogP contribution in [0.2, 0.25) is 0 Å². The summed E-state index contributed by atoms with van der Waals surface area (Å²) in [6.07, 6.45) is 4.18. The molecule has 0 atom stereocenters. The van der Waals surface area contributed by atoms with Gasteiger partial charge in [-0.25, -0.2) is 17.7 Å². The zero-order chi connectivity index (χ0) is 16.0. The van der Waals surface area contributed by atoms with Crippen molar-refractivity contribution in [3.63, 3.8) is 0 Å². The van der Waals surface area contributed by atoms with E-state index >= 15 is 0 Å². The fourth-order valence-corrected chi connectivity index (χ4v) is 4.16. The summed E-state index contributed by atoms with van der Waals surface area (Å²) in [7, 11) is -1.45. The standard InChI is InChI=1S/C15H25N3O3S/c1-3-10-22(19,20)18-8-6-14(7-9-18)16-11-13-4-5-15(21-2)17-12-13/h4-5,12,14,16H,3,6-11H2,1-2H3. The summed E-state index contributed by atoms with van der Waals surface area (Å²) in [5.74, 6) is 0.862. The second-order valence-corrected chi connectivity index (χ2v) is 7.67. The van der Waals surface area contributed by atoms with Crippen molar-refractivity contribution in [1.82, 2.24) is 14.6 Å². The predicted octanol–water partition coefficient (Wildman–Crippen LogP) is 1.38. The molecular formula is C15H25N3O3S. The van der Waals surface area contributed by atoms with Gasteiger partial charge in [-0.1, -0.05) is 13.0 Å². The summed E-state index contributed by atoms with van der Waals surface area (Å²) in [6, 6.07) is 4.19. The summed E-state index contributed by atoms with van der Waals surface area (Å²) < 4.78 is 30.7. The molecule has 22 heavy (non-hydrogen) atoms. The van der Waals surface area contributed by atoms with Crippen molar-refractivity contribution in [2.24, 2.45) is 0 Å². The molecule has 0 spiro atoms. The topological polar surface area (TPSA) is 71.5 Å². The van der Waals surface area contributed by atoms with E-state index in [0.29, 0.717) is 31.4 Å². The molecule has 6 nitrogen and oxygen atoms in total. The third kappa shape index (κ3) is 4.66. The lowest BCUT2D eigenvalue weighted by Crippen LogP contribution is -2.45. The Morgan fingerprint density at radius 1 is 1.36 bits per heavy atom. The van der Waals surface area contributed by atoms with Crippen molar-refractivity contribution >= 4 is 10.0 Å². The lowest BCUT2D eigenvalue weighted by atomic mass is 10.1. The van der Waals surface area contributed by atoms with Gasteiger partial charge in [0, 0.05) is 37.9 Å². The number of nitrogens with one attached hydrogen (secondary N) is 1. The highest BCUT2D eigenvalue weighted by atomic mass is 32.2. The smallest absolute Gasteiger partial charge is 0.214 e. The number of methoxy groups -OCH3 is 1. The molecule has 0 unspecified atom stereocenters. The Kier molecular flexibility index (Phi) is 6.16. The molecule has 0 radical (unpaired) electrons. The lowest BCUT2D eigenvalue weighted by Gasteiger charge is -2.31. The summed E-state index contributed by atoms with van der Waals surface area (Å²) in [5, 5.41) is 3.48. The summed E-state index contributed by atoms with van der Waals surface area (Å²) in [4.78, 5) is 4.18. The van der Waals surface area contributed by atoms with Gasteiger partial charge in [-0.3, -0.25) is 0 Å². The highest BCUT2D eigenvalue weighted by Crippen LogP contribution is 2.16. The molecule has 0 saturated carbocycles. The minimum atomic E-state index is -3.05. The number of ether oxygens (including phenoxy) is 1. The van der Waals surface area contributed by atoms with Crippen molar-refractivity contribution in [2.45, 2.75) is 38.8 Å². The first-order chi connectivity index (χ1) is 10.5. The van der Waals surface area contributed by atoms with Gasteiger partial charge in [0.15, 0.2) is 0 Å². The Morgan fingerprint density at radius 3 is 2.64 bits per heavy atom. The van der Waals surface area contributed by atoms with Gasteiger partial charge in [-0.2, -0.15) is 0 Å². The van der Waals surface area contributed by atoms with Crippen LogP contribution in [0.5, 0.6) is 5.88 Å². The van der Waals surface area contributed by atoms with E-state index in [9.17, 15) is 8.42 Å². The number of hydrogen-bond acceptors (Lipinski definition) is 5. The van der Waals surface area contributed by atoms with Crippen LogP contribution < -0.4 is 10.1 Å². The van der Waals surface area contributed by atoms with Crippen LogP contribution in [-0.2, 0) is 16.6 Å². The third-order valence-electron chi connectivity index (χ3n) is 3.91. The van der Waals surface area contributed by atoms with Gasteiger partial charge in [0.2, 0.25) is 15.9 Å². The molecule has 2 rings (SSSR count). The molecule has 1 saturated heterocycles. The minimum Gasteiger partial charge on any atom is -0.481 e. The first-order valence-electron chi connectivity index (χ1n) is 7.75. The first-order valence-corrected chi connectivity index (χ1v) is 9.36. The van der Waals surface area contributed by atoms with Crippen molar-refractivity contribution < 1.29 is 13.2 Å². The molecule has 1 fully saturated rings. The van der Waals surface area contributed by atoms with Gasteiger partial charge in [0.25, 0.3) is 0 Å². The molecule has 1 aromatic heterocycles. The number of rotatable bonds is 7. The number of piperidine rings is 1. The maximum atomic E-state index is 12.0. The van der Waals surface area contributed by atoms with Gasteiger partial charge in [-0.05, 0) is 24.8 Å². The van der Waals surface area contributed by atoms with Crippen molar-refractivity contribution in [2.75, 3.05) is 26.0 Å². The summed E-state index contributed by atoms with van der Waals surface area (Å²) in [5.41, 5.74) is 1.10. The molecule has 7 heteroatoms. The van der Waals surface area contributed by atoms with Crippen LogP contribution in [0.25, 0.3) is 0 Å². The number of aromatic nitrogens is 1. The molecule has 1 N–H and O–H groups in total. The average molecular weight is 327 g/mol. The fourth-order valence-electron chi connectivity index (χ4n) is 2.62. The molecule has 0 bridgehead atoms. The molecule has 2 heterocycles. The van der Waals surface area contributed by atoms with Crippen LogP contribution in [-0.4, -0.2) is 49.7 Å². The Balaban J connectivity index is 1.77. The third-order valence-corrected chi connectivity index (χ3v) is 5.99. The predicted molar refractivity (Wildman–Crippen MR) is 86.3 cm³/mol. The van der Waals surface area contributed by atoms with E-state index in [1.807, 2.05) is 19.1 Å². The normalized spacial score (nSPS) is 17.5. The van der Waals surface area contributed by atoms with Crippen LogP contribution in [0, 0.1) is 0 Å². The van der Waals surface area contributed by atoms with E-state index in [4.69, 9.17) is 4.74 Å². The fraction of sp³-hybridized carbons (Fsp3) is 0.667. The van der Waals surface area contributed by atoms with Crippen LogP contribution in [0.4, 0.5) is 0 Å². The monoisotopic (exact) mass is 327 g/mol. The van der Waals surface area contributed by atoms with E-state index in [0.717, 1.165) is 24.9 Å². The average Bonchev–Trinajstić information content (AvgIpc) is 2.54. The number of nitrogens with zero attached hydrogens (tertiary/aromatic N) is 2. The Hall–Kier alpha value is -1.18. The maximum Gasteiger partial charge on any atom is 0.214 e. The van der Waals surface area contributed by atoms with Gasteiger partial charge in [0.1, 0.15) is 0 Å². The van der Waals surface area contributed by atoms with E-state index in [1.165, 1.54) is 0 Å². The number of sulfonamides is 1. The Labute approximate surface area is 132 Å². The second-order valence-electron chi connectivity index (χ2n) is 5.58. The maximum absolute atomic E-state index is 12.0. The van der Waals surface area contributed by atoms with Crippen molar-refractivity contribution in [1.29, 1.82) is 0 Å². The van der Waals surface area contributed by atoms with Crippen LogP contribution in [0.3, 0.4) is 0 Å². The van der Waals surface area contributed by atoms with Gasteiger partial charge in [-0.15, -0.1) is 0 Å². The van der Waals surface area contributed by atoms with E-state index in [1.54, 1.807) is 17.6 Å². The largest absolute Gasteiger partial charge is 0.481 e. The quantitative estimate of drug-likeness (QED) is 0.819. The van der Waals surface area contributed by atoms with Gasteiger partial charge >= 0.3 is 0 Å². The van der Waals surface area contributed by atoms with Gasteiger partial charge in [0.05, 0.1) is 12.9 Å². The van der Waals surface area contributed by atoms with Crippen LogP contribution >= 0.6 is 0 Å². The molecule has 0 amide bonds. The van der Waals surface area contributed by atoms with Gasteiger partial charge < -0.3 is 10.1 Å². The Morgan fingerprint density at radius 2 is 2.09 bits per heavy atom.